The van der Waals surface area contributed by atoms with E-state index in [4.69, 9.17) is 16.3 Å². The van der Waals surface area contributed by atoms with Gasteiger partial charge in [0, 0.05) is 32.6 Å². The van der Waals surface area contributed by atoms with E-state index in [1.807, 2.05) is 11.8 Å². The number of hydrogen-bond acceptors (Lipinski definition) is 3. The zero-order valence-corrected chi connectivity index (χ0v) is 13.7. The number of methoxy groups -OCH3 is 1. The quantitative estimate of drug-likeness (QED) is 0.854. The lowest BCUT2D eigenvalue weighted by atomic mass is 10.1. The number of nitrogens with zero attached hydrogens (tertiary/aromatic N) is 2. The van der Waals surface area contributed by atoms with Gasteiger partial charge in [0.15, 0.2) is 0 Å². The number of carbonyl (C=O) groups is 2. The predicted molar refractivity (Wildman–Crippen MR) is 85.4 cm³/mol. The van der Waals surface area contributed by atoms with E-state index in [-0.39, 0.29) is 11.8 Å². The van der Waals surface area contributed by atoms with Gasteiger partial charge in [-0.3, -0.25) is 9.59 Å². The minimum absolute atomic E-state index is 0.102. The molecule has 1 aliphatic rings. The summed E-state index contributed by atoms with van der Waals surface area (Å²) in [4.78, 5) is 27.9. The van der Waals surface area contributed by atoms with E-state index in [2.05, 4.69) is 0 Å². The van der Waals surface area contributed by atoms with Crippen LogP contribution < -0.4 is 4.74 Å². The van der Waals surface area contributed by atoms with E-state index in [0.717, 1.165) is 6.42 Å². The van der Waals surface area contributed by atoms with Crippen LogP contribution in [0.4, 0.5) is 0 Å². The molecule has 0 bridgehead atoms. The molecule has 6 heteroatoms. The monoisotopic (exact) mass is 324 g/mol. The Balaban J connectivity index is 1.99. The second-order valence-electron chi connectivity index (χ2n) is 5.27. The van der Waals surface area contributed by atoms with Gasteiger partial charge < -0.3 is 14.5 Å². The first kappa shape index (κ1) is 16.6. The fraction of sp³-hybridized carbons (Fsp3) is 0.500. The van der Waals surface area contributed by atoms with Gasteiger partial charge in [-0.15, -0.1) is 0 Å². The van der Waals surface area contributed by atoms with Crippen LogP contribution in [-0.4, -0.2) is 54.9 Å². The van der Waals surface area contributed by atoms with Gasteiger partial charge in [-0.1, -0.05) is 18.5 Å². The molecule has 0 aliphatic carbocycles. The van der Waals surface area contributed by atoms with Crippen molar-refractivity contribution in [2.75, 3.05) is 33.3 Å². The zero-order chi connectivity index (χ0) is 16.1. The number of ether oxygens (including phenoxy) is 1. The molecule has 0 N–H and O–H groups in total. The molecule has 120 valence electrons. The van der Waals surface area contributed by atoms with Crippen molar-refractivity contribution < 1.29 is 14.3 Å². The van der Waals surface area contributed by atoms with Crippen molar-refractivity contribution in [3.8, 4) is 5.75 Å². The fourth-order valence-corrected chi connectivity index (χ4v) is 2.75. The first-order valence-corrected chi connectivity index (χ1v) is 7.85. The highest BCUT2D eigenvalue weighted by atomic mass is 35.5. The third-order valence-electron chi connectivity index (χ3n) is 3.79. The zero-order valence-electron chi connectivity index (χ0n) is 13.0. The Morgan fingerprint density at radius 2 is 1.82 bits per heavy atom. The third kappa shape index (κ3) is 3.71. The van der Waals surface area contributed by atoms with E-state index in [9.17, 15) is 9.59 Å². The van der Waals surface area contributed by atoms with Crippen molar-refractivity contribution in [3.05, 3.63) is 28.8 Å². The molecule has 1 aliphatic heterocycles. The molecule has 0 atom stereocenters. The average Bonchev–Trinajstić information content (AvgIpc) is 2.54. The highest BCUT2D eigenvalue weighted by molar-refractivity contribution is 6.34. The number of benzene rings is 1. The van der Waals surface area contributed by atoms with Gasteiger partial charge in [-0.25, -0.2) is 0 Å². The molecular weight excluding hydrogens is 304 g/mol. The topological polar surface area (TPSA) is 49.9 Å². The van der Waals surface area contributed by atoms with E-state index < -0.39 is 0 Å². The Kier molecular flexibility index (Phi) is 5.66. The lowest BCUT2D eigenvalue weighted by Gasteiger charge is -2.35. The van der Waals surface area contributed by atoms with Crippen LogP contribution in [0.5, 0.6) is 5.75 Å². The van der Waals surface area contributed by atoms with Gasteiger partial charge in [0.2, 0.25) is 5.91 Å². The summed E-state index contributed by atoms with van der Waals surface area (Å²) in [5, 5.41) is 0.383. The van der Waals surface area contributed by atoms with Crippen LogP contribution in [0, 0.1) is 0 Å². The van der Waals surface area contributed by atoms with E-state index in [1.54, 1.807) is 30.2 Å². The summed E-state index contributed by atoms with van der Waals surface area (Å²) < 4.78 is 5.09. The number of halogens is 1. The van der Waals surface area contributed by atoms with Crippen LogP contribution in [0.2, 0.25) is 5.02 Å². The van der Waals surface area contributed by atoms with E-state index in [0.29, 0.717) is 48.9 Å². The van der Waals surface area contributed by atoms with Gasteiger partial charge in [-0.2, -0.15) is 0 Å². The molecule has 0 unspecified atom stereocenters. The lowest BCUT2D eigenvalue weighted by molar-refractivity contribution is -0.132. The average molecular weight is 325 g/mol. The summed E-state index contributed by atoms with van der Waals surface area (Å²) in [5.74, 6) is 0.684. The maximum atomic E-state index is 12.5. The highest BCUT2D eigenvalue weighted by Gasteiger charge is 2.25. The Morgan fingerprint density at radius 1 is 1.18 bits per heavy atom. The normalized spacial score (nSPS) is 14.9. The highest BCUT2D eigenvalue weighted by Crippen LogP contribution is 2.24. The SMILES string of the molecule is CCCC(=O)N1CCN(C(=O)c2ccc(OC)cc2Cl)CC1. The number of carbonyl (C=O) groups excluding carboxylic acids is 2. The van der Waals surface area contributed by atoms with Crippen molar-refractivity contribution in [3.63, 3.8) is 0 Å². The van der Waals surface area contributed by atoms with Crippen LogP contribution in [0.3, 0.4) is 0 Å². The summed E-state index contributed by atoms with van der Waals surface area (Å²) in [6.45, 7) is 4.23. The maximum absolute atomic E-state index is 12.5. The van der Waals surface area contributed by atoms with Gasteiger partial charge >= 0.3 is 0 Å². The summed E-state index contributed by atoms with van der Waals surface area (Å²) >= 11 is 6.15. The minimum Gasteiger partial charge on any atom is -0.497 e. The third-order valence-corrected chi connectivity index (χ3v) is 4.10. The molecule has 22 heavy (non-hydrogen) atoms. The molecule has 5 nitrogen and oxygen atoms in total. The molecule has 1 aromatic rings. The maximum Gasteiger partial charge on any atom is 0.255 e. The lowest BCUT2D eigenvalue weighted by Crippen LogP contribution is -2.50. The minimum atomic E-state index is -0.102. The van der Waals surface area contributed by atoms with Crippen molar-refractivity contribution in [1.82, 2.24) is 9.80 Å². The molecule has 1 aromatic carbocycles. The molecular formula is C16H21ClN2O3. The predicted octanol–water partition coefficient (Wildman–Crippen LogP) is 2.43. The summed E-state index contributed by atoms with van der Waals surface area (Å²) in [5.41, 5.74) is 0.468. The Labute approximate surface area is 135 Å². The van der Waals surface area contributed by atoms with Crippen molar-refractivity contribution in [2.24, 2.45) is 0 Å². The van der Waals surface area contributed by atoms with Crippen molar-refractivity contribution in [2.45, 2.75) is 19.8 Å². The standard InChI is InChI=1S/C16H21ClN2O3/c1-3-4-15(20)18-7-9-19(10-8-18)16(21)13-6-5-12(22-2)11-14(13)17/h5-6,11H,3-4,7-10H2,1-2H3. The Morgan fingerprint density at radius 3 is 2.36 bits per heavy atom. The summed E-state index contributed by atoms with van der Waals surface area (Å²) in [6.07, 6.45) is 1.41. The van der Waals surface area contributed by atoms with E-state index >= 15 is 0 Å². The molecule has 2 rings (SSSR count). The summed E-state index contributed by atoms with van der Waals surface area (Å²) in [7, 11) is 1.56. The van der Waals surface area contributed by atoms with Gasteiger partial charge in [0.1, 0.15) is 5.75 Å². The summed E-state index contributed by atoms with van der Waals surface area (Å²) in [6, 6.07) is 5.04. The second kappa shape index (κ2) is 7.49. The molecule has 0 radical (unpaired) electrons. The molecule has 0 aromatic heterocycles. The van der Waals surface area contributed by atoms with Crippen LogP contribution in [0.1, 0.15) is 30.1 Å². The Hall–Kier alpha value is -1.75. The first-order chi connectivity index (χ1) is 10.6. The van der Waals surface area contributed by atoms with Gasteiger partial charge in [0.05, 0.1) is 17.7 Å². The Bertz CT molecular complexity index is 554. The molecule has 1 saturated heterocycles. The van der Waals surface area contributed by atoms with E-state index in [1.165, 1.54) is 0 Å². The molecule has 2 amide bonds. The smallest absolute Gasteiger partial charge is 0.255 e. The van der Waals surface area contributed by atoms with Crippen molar-refractivity contribution in [1.29, 1.82) is 0 Å². The fourth-order valence-electron chi connectivity index (χ4n) is 2.50. The van der Waals surface area contributed by atoms with Crippen LogP contribution in [0.15, 0.2) is 18.2 Å². The molecule has 0 spiro atoms. The van der Waals surface area contributed by atoms with Gasteiger partial charge in [-0.05, 0) is 24.6 Å². The molecule has 0 saturated carbocycles. The molecule has 1 fully saturated rings. The van der Waals surface area contributed by atoms with Crippen LogP contribution in [-0.2, 0) is 4.79 Å². The van der Waals surface area contributed by atoms with Crippen LogP contribution in [0.25, 0.3) is 0 Å². The second-order valence-corrected chi connectivity index (χ2v) is 5.68. The number of hydrogen-bond donors (Lipinski definition) is 0. The van der Waals surface area contributed by atoms with Crippen LogP contribution >= 0.6 is 11.6 Å². The van der Waals surface area contributed by atoms with Crippen molar-refractivity contribution >= 4 is 23.4 Å². The van der Waals surface area contributed by atoms with Gasteiger partial charge in [0.25, 0.3) is 5.91 Å². The largest absolute Gasteiger partial charge is 0.497 e. The first-order valence-electron chi connectivity index (χ1n) is 7.47. The number of piperazine rings is 1. The number of rotatable bonds is 4. The molecule has 1 heterocycles. The number of amides is 2.